The summed E-state index contributed by atoms with van der Waals surface area (Å²) in [7, 11) is 3.00. The number of hydrogen-bond donors (Lipinski definition) is 5. The van der Waals surface area contributed by atoms with Gasteiger partial charge >= 0.3 is 6.09 Å². The minimum absolute atomic E-state index is 0.00839. The Morgan fingerprint density at radius 1 is 1.24 bits per heavy atom. The molecule has 4 aromatic rings. The number of imidazole rings is 1. The topological polar surface area (TPSA) is 151 Å². The first kappa shape index (κ1) is 29.0. The summed E-state index contributed by atoms with van der Waals surface area (Å²) in [6.07, 6.45) is 4.62. The van der Waals surface area contributed by atoms with Gasteiger partial charge in [0.15, 0.2) is 5.82 Å². The average molecular weight is 615 g/mol. The van der Waals surface area contributed by atoms with Crippen LogP contribution in [0.2, 0.25) is 5.02 Å². The Labute approximate surface area is 246 Å². The number of carbonyl (C=O) groups is 3. The SMILES string of the molecule is COC(=O)Nc1ccc2c(c1)NC(=O)CCCC[C@H](NC(=O)c1cn(-c3cccc(Cl)c3F)[pH]n(C)[nH]1)c1nc-2c[nH]1. The van der Waals surface area contributed by atoms with Crippen LogP contribution in [0.25, 0.3) is 16.9 Å². The van der Waals surface area contributed by atoms with Crippen molar-refractivity contribution in [1.82, 2.24) is 29.2 Å². The fourth-order valence-electron chi connectivity index (χ4n) is 4.60. The first-order valence-corrected chi connectivity index (χ1v) is 14.4. The molecule has 2 bridgehead atoms. The first-order valence-electron chi connectivity index (χ1n) is 13.1. The largest absolute Gasteiger partial charge is 0.453 e. The molecular formula is C27H29ClFN8O4P. The summed E-state index contributed by atoms with van der Waals surface area (Å²) >= 11 is 5.98. The van der Waals surface area contributed by atoms with Crippen LogP contribution in [0.4, 0.5) is 20.6 Å². The summed E-state index contributed by atoms with van der Waals surface area (Å²) in [6, 6.07) is 9.26. The summed E-state index contributed by atoms with van der Waals surface area (Å²) in [4.78, 5) is 45.8. The summed E-state index contributed by atoms with van der Waals surface area (Å²) in [5, 5.41) is 11.6. The fourth-order valence-corrected chi connectivity index (χ4v) is 5.73. The van der Waals surface area contributed by atoms with Gasteiger partial charge in [-0.3, -0.25) is 28.8 Å². The number of methoxy groups -OCH3 is 1. The maximum Gasteiger partial charge on any atom is 0.411 e. The number of aromatic nitrogens is 5. The molecule has 2 aromatic carbocycles. The second kappa shape index (κ2) is 12.6. The Morgan fingerprint density at radius 3 is 2.88 bits per heavy atom. The highest BCUT2D eigenvalue weighted by Gasteiger charge is 2.23. The van der Waals surface area contributed by atoms with Crippen LogP contribution >= 0.6 is 20.1 Å². The van der Waals surface area contributed by atoms with E-state index in [9.17, 15) is 18.8 Å². The Kier molecular flexibility index (Phi) is 8.69. The van der Waals surface area contributed by atoms with Crippen molar-refractivity contribution in [2.75, 3.05) is 17.7 Å². The van der Waals surface area contributed by atoms with Gasteiger partial charge in [-0.25, -0.2) is 14.2 Å². The first-order chi connectivity index (χ1) is 20.2. The number of H-pyrrole nitrogens is 2. The third kappa shape index (κ3) is 6.53. The Bertz CT molecular complexity index is 1680. The second-order valence-corrected chi connectivity index (χ2v) is 11.4. The zero-order valence-corrected chi connectivity index (χ0v) is 24.5. The number of fused-ring (bicyclic) bond motifs is 4. The van der Waals surface area contributed by atoms with Gasteiger partial charge in [0.05, 0.1) is 35.2 Å². The number of nitrogens with one attached hydrogen (secondary N) is 5. The number of aryl methyl sites for hydroxylation is 1. The molecule has 42 heavy (non-hydrogen) atoms. The molecule has 5 rings (SSSR count). The Morgan fingerprint density at radius 2 is 2.07 bits per heavy atom. The number of halogens is 2. The number of ether oxygens (including phenoxy) is 1. The zero-order valence-electron chi connectivity index (χ0n) is 22.8. The van der Waals surface area contributed by atoms with Crippen LogP contribution in [0.5, 0.6) is 0 Å². The molecule has 3 amide bonds. The molecule has 3 heterocycles. The molecule has 2 atom stereocenters. The summed E-state index contributed by atoms with van der Waals surface area (Å²) in [6.45, 7) is 0. The smallest absolute Gasteiger partial charge is 0.411 e. The molecule has 0 radical (unpaired) electrons. The Balaban J connectivity index is 1.44. The molecule has 2 aromatic heterocycles. The maximum atomic E-state index is 14.7. The van der Waals surface area contributed by atoms with Gasteiger partial charge in [0, 0.05) is 45.6 Å². The molecule has 0 fully saturated rings. The number of aromatic amines is 2. The van der Waals surface area contributed by atoms with Crippen molar-refractivity contribution in [2.24, 2.45) is 7.05 Å². The summed E-state index contributed by atoms with van der Waals surface area (Å²) in [5.41, 5.74) is 2.56. The van der Waals surface area contributed by atoms with Gasteiger partial charge in [0.1, 0.15) is 11.5 Å². The lowest BCUT2D eigenvalue weighted by Crippen LogP contribution is -2.31. The molecule has 0 saturated carbocycles. The van der Waals surface area contributed by atoms with Crippen molar-refractivity contribution in [2.45, 2.75) is 31.7 Å². The van der Waals surface area contributed by atoms with E-state index >= 15 is 0 Å². The molecule has 0 saturated heterocycles. The van der Waals surface area contributed by atoms with E-state index < -0.39 is 23.9 Å². The molecule has 220 valence electrons. The van der Waals surface area contributed by atoms with E-state index in [0.717, 1.165) is 0 Å². The maximum absolute atomic E-state index is 14.7. The lowest BCUT2D eigenvalue weighted by atomic mass is 10.1. The number of anilines is 2. The molecule has 0 aliphatic carbocycles. The van der Waals surface area contributed by atoms with Gasteiger partial charge in [0.2, 0.25) is 5.91 Å². The predicted molar refractivity (Wildman–Crippen MR) is 159 cm³/mol. The monoisotopic (exact) mass is 614 g/mol. The van der Waals surface area contributed by atoms with Crippen LogP contribution in [-0.2, 0) is 16.6 Å². The predicted octanol–water partition coefficient (Wildman–Crippen LogP) is 5.64. The van der Waals surface area contributed by atoms with Gasteiger partial charge in [-0.15, -0.1) is 0 Å². The highest BCUT2D eigenvalue weighted by Crippen LogP contribution is 2.32. The quantitative estimate of drug-likeness (QED) is 0.201. The van der Waals surface area contributed by atoms with E-state index in [-0.39, 0.29) is 37.2 Å². The van der Waals surface area contributed by atoms with Crippen molar-refractivity contribution in [3.8, 4) is 16.9 Å². The van der Waals surface area contributed by atoms with Crippen LogP contribution in [0.3, 0.4) is 0 Å². The van der Waals surface area contributed by atoms with Gasteiger partial charge in [-0.2, -0.15) is 0 Å². The van der Waals surface area contributed by atoms with Crippen molar-refractivity contribution >= 4 is 49.4 Å². The highest BCUT2D eigenvalue weighted by molar-refractivity contribution is 7.21. The number of rotatable bonds is 4. The van der Waals surface area contributed by atoms with E-state index in [2.05, 4.69) is 30.8 Å². The third-order valence-electron chi connectivity index (χ3n) is 6.62. The minimum Gasteiger partial charge on any atom is -0.453 e. The van der Waals surface area contributed by atoms with Crippen molar-refractivity contribution in [3.05, 3.63) is 71.2 Å². The lowest BCUT2D eigenvalue weighted by molar-refractivity contribution is -0.116. The van der Waals surface area contributed by atoms with Crippen molar-refractivity contribution in [1.29, 1.82) is 0 Å². The van der Waals surface area contributed by atoms with Gasteiger partial charge in [-0.1, -0.05) is 24.1 Å². The van der Waals surface area contributed by atoms with Gasteiger partial charge in [-0.05, 0) is 43.2 Å². The third-order valence-corrected chi connectivity index (χ3v) is 7.91. The van der Waals surface area contributed by atoms with E-state index in [1.807, 2.05) is 0 Å². The molecule has 5 N–H and O–H groups in total. The van der Waals surface area contributed by atoms with E-state index in [1.165, 1.54) is 13.2 Å². The summed E-state index contributed by atoms with van der Waals surface area (Å²) in [5.74, 6) is -0.627. The van der Waals surface area contributed by atoms with Gasteiger partial charge < -0.3 is 20.4 Å². The van der Waals surface area contributed by atoms with Crippen molar-refractivity contribution in [3.63, 3.8) is 0 Å². The number of amides is 3. The minimum atomic E-state index is -0.634. The number of nitrogens with zero attached hydrogens (tertiary/aromatic N) is 3. The molecule has 15 heteroatoms. The standard InChI is InChI=1S/C27H29ClFN8O4P/c1-36-35-21(14-37(42-36)22-8-5-6-17(28)24(22)29)26(39)34-18-7-3-4-9-23(38)32-19-12-15(31-27(40)41-2)10-11-16(19)20-13-30-25(18)33-20/h5-6,8,10-14,18,35,42H,3-4,7,9H2,1-2H3,(H,30,33)(H,31,40)(H,32,38)(H,34,39)/t18-/m0/s1. The van der Waals surface area contributed by atoms with Crippen LogP contribution in [0, 0.1) is 5.82 Å². The highest BCUT2D eigenvalue weighted by atomic mass is 35.5. The molecule has 1 unspecified atom stereocenters. The number of hydrogen-bond acceptors (Lipinski definition) is 5. The molecular weight excluding hydrogens is 586 g/mol. The molecule has 0 spiro atoms. The average Bonchev–Trinajstić information content (AvgIpc) is 3.45. The van der Waals surface area contributed by atoms with Crippen LogP contribution in [0.1, 0.15) is 48.0 Å². The normalized spacial score (nSPS) is 15.1. The molecule has 1 aliphatic rings. The van der Waals surface area contributed by atoms with Crippen molar-refractivity contribution < 1.29 is 23.5 Å². The Hall–Kier alpha value is -4.48. The fraction of sp³-hybridized carbons (Fsp3) is 0.259. The van der Waals surface area contributed by atoms with Gasteiger partial charge in [0.25, 0.3) is 5.91 Å². The number of carbonyl (C=O) groups excluding carboxylic acids is 3. The van der Waals surface area contributed by atoms with E-state index in [4.69, 9.17) is 16.6 Å². The van der Waals surface area contributed by atoms with E-state index in [0.29, 0.717) is 47.7 Å². The summed E-state index contributed by atoms with van der Waals surface area (Å²) < 4.78 is 22.7. The van der Waals surface area contributed by atoms with Crippen LogP contribution in [-0.4, -0.2) is 48.9 Å². The number of benzene rings is 2. The molecule has 12 nitrogen and oxygen atoms in total. The van der Waals surface area contributed by atoms with Crippen LogP contribution in [0.15, 0.2) is 48.8 Å². The zero-order chi connectivity index (χ0) is 29.8. The molecule has 1 aliphatic heterocycles. The van der Waals surface area contributed by atoms with E-state index in [1.54, 1.807) is 58.5 Å². The van der Waals surface area contributed by atoms with Crippen LogP contribution < -0.4 is 16.0 Å². The lowest BCUT2D eigenvalue weighted by Gasteiger charge is -2.19. The second-order valence-electron chi connectivity index (χ2n) is 9.62.